The highest BCUT2D eigenvalue weighted by Gasteiger charge is 2.22. The standard InChI is InChI=1S/2C28H21NO/c2*1-20-16-18-23(19-17-20)29-27(22-12-6-3-7-13-22)26(21-10-4-2-5-11-21)24-14-8-9-15-25(24)28(29)30/h2*2-19H,1H3. The molecule has 10 aromatic rings. The Morgan fingerprint density at radius 1 is 0.283 bits per heavy atom. The minimum Gasteiger partial charge on any atom is -0.276 e. The number of hydrogen-bond acceptors (Lipinski definition) is 2. The van der Waals surface area contributed by atoms with E-state index in [0.717, 1.165) is 88.8 Å². The summed E-state index contributed by atoms with van der Waals surface area (Å²) in [5.74, 6) is 0. The Labute approximate surface area is 349 Å². The number of rotatable bonds is 6. The molecule has 0 bridgehead atoms. The van der Waals surface area contributed by atoms with Crippen molar-refractivity contribution in [3.63, 3.8) is 0 Å². The Morgan fingerprint density at radius 3 is 0.867 bits per heavy atom. The van der Waals surface area contributed by atoms with E-state index < -0.39 is 0 Å². The molecule has 0 unspecified atom stereocenters. The molecular weight excluding hydrogens is 733 g/mol. The predicted octanol–water partition coefficient (Wildman–Crippen LogP) is 13.3. The molecule has 0 aliphatic heterocycles. The molecule has 0 saturated heterocycles. The van der Waals surface area contributed by atoms with Crippen molar-refractivity contribution >= 4 is 21.5 Å². The molecule has 0 saturated carbocycles. The number of hydrogen-bond donors (Lipinski definition) is 0. The molecule has 4 heteroatoms. The molecule has 0 spiro atoms. The van der Waals surface area contributed by atoms with Crippen molar-refractivity contribution in [3.8, 4) is 56.1 Å². The zero-order chi connectivity index (χ0) is 41.0. The van der Waals surface area contributed by atoms with Gasteiger partial charge in [-0.05, 0) is 83.3 Å². The van der Waals surface area contributed by atoms with Crippen LogP contribution in [0.5, 0.6) is 0 Å². The lowest BCUT2D eigenvalue weighted by Gasteiger charge is -2.21. The smallest absolute Gasteiger partial charge is 0.263 e. The van der Waals surface area contributed by atoms with Gasteiger partial charge in [0.25, 0.3) is 11.1 Å². The van der Waals surface area contributed by atoms with E-state index >= 15 is 0 Å². The van der Waals surface area contributed by atoms with E-state index in [9.17, 15) is 9.59 Å². The quantitative estimate of drug-likeness (QED) is 0.169. The molecule has 288 valence electrons. The van der Waals surface area contributed by atoms with Gasteiger partial charge >= 0.3 is 0 Å². The first kappa shape index (κ1) is 37.7. The zero-order valence-corrected chi connectivity index (χ0v) is 33.5. The van der Waals surface area contributed by atoms with E-state index in [-0.39, 0.29) is 11.1 Å². The molecule has 2 heterocycles. The average Bonchev–Trinajstić information content (AvgIpc) is 3.31. The maximum absolute atomic E-state index is 13.8. The zero-order valence-electron chi connectivity index (χ0n) is 33.5. The number of aryl methyl sites for hydroxylation is 2. The van der Waals surface area contributed by atoms with Gasteiger partial charge in [-0.2, -0.15) is 0 Å². The molecule has 0 radical (unpaired) electrons. The summed E-state index contributed by atoms with van der Waals surface area (Å²) in [5, 5.41) is 3.38. The molecule has 0 aliphatic rings. The maximum atomic E-state index is 13.8. The largest absolute Gasteiger partial charge is 0.276 e. The van der Waals surface area contributed by atoms with Crippen LogP contribution in [0.4, 0.5) is 0 Å². The van der Waals surface area contributed by atoms with Gasteiger partial charge in [0.15, 0.2) is 0 Å². The van der Waals surface area contributed by atoms with Crippen molar-refractivity contribution in [2.45, 2.75) is 13.8 Å². The van der Waals surface area contributed by atoms with E-state index in [1.165, 1.54) is 0 Å². The minimum absolute atomic E-state index is 0.00649. The first-order valence-corrected chi connectivity index (χ1v) is 20.2. The Kier molecular flexibility index (Phi) is 10.4. The maximum Gasteiger partial charge on any atom is 0.263 e. The molecule has 0 atom stereocenters. The number of nitrogens with zero attached hydrogens (tertiary/aromatic N) is 2. The lowest BCUT2D eigenvalue weighted by atomic mass is 9.93. The third-order valence-electron chi connectivity index (χ3n) is 11.0. The third kappa shape index (κ3) is 7.16. The van der Waals surface area contributed by atoms with Crippen molar-refractivity contribution in [3.05, 3.63) is 250 Å². The van der Waals surface area contributed by atoms with Gasteiger partial charge in [0.2, 0.25) is 0 Å². The molecule has 0 amide bonds. The highest BCUT2D eigenvalue weighted by atomic mass is 16.1. The lowest BCUT2D eigenvalue weighted by molar-refractivity contribution is 1.02. The molecule has 4 nitrogen and oxygen atoms in total. The second-order valence-electron chi connectivity index (χ2n) is 15.0. The van der Waals surface area contributed by atoms with Crippen LogP contribution in [-0.2, 0) is 0 Å². The molecule has 0 N–H and O–H groups in total. The van der Waals surface area contributed by atoms with Gasteiger partial charge in [0.05, 0.1) is 11.4 Å². The summed E-state index contributed by atoms with van der Waals surface area (Å²) in [6, 6.07) is 73.1. The van der Waals surface area contributed by atoms with Crippen molar-refractivity contribution in [2.75, 3.05) is 0 Å². The molecule has 0 fully saturated rings. The highest BCUT2D eigenvalue weighted by molar-refractivity contribution is 6.04. The fraction of sp³-hybridized carbons (Fsp3) is 0.0357. The Balaban J connectivity index is 0.000000154. The monoisotopic (exact) mass is 774 g/mol. The average molecular weight is 775 g/mol. The summed E-state index contributed by atoms with van der Waals surface area (Å²) in [7, 11) is 0. The number of pyridine rings is 2. The molecule has 0 aliphatic carbocycles. The van der Waals surface area contributed by atoms with Crippen LogP contribution in [0.15, 0.2) is 228 Å². The number of fused-ring (bicyclic) bond motifs is 2. The summed E-state index contributed by atoms with van der Waals surface area (Å²) in [4.78, 5) is 27.5. The van der Waals surface area contributed by atoms with Crippen LogP contribution >= 0.6 is 0 Å². The van der Waals surface area contributed by atoms with E-state index in [0.29, 0.717) is 0 Å². The van der Waals surface area contributed by atoms with Gasteiger partial charge < -0.3 is 0 Å². The molecular formula is C56H42N2O2. The highest BCUT2D eigenvalue weighted by Crippen LogP contribution is 2.39. The van der Waals surface area contributed by atoms with Crippen LogP contribution < -0.4 is 11.1 Å². The minimum atomic E-state index is -0.00649. The van der Waals surface area contributed by atoms with E-state index in [4.69, 9.17) is 0 Å². The Bertz CT molecular complexity index is 2990. The normalized spacial score (nSPS) is 11.0. The van der Waals surface area contributed by atoms with Gasteiger partial charge in [-0.25, -0.2) is 0 Å². The fourth-order valence-corrected chi connectivity index (χ4v) is 8.11. The molecule has 8 aromatic carbocycles. The van der Waals surface area contributed by atoms with Crippen LogP contribution in [-0.4, -0.2) is 9.13 Å². The summed E-state index contributed by atoms with van der Waals surface area (Å²) >= 11 is 0. The first-order chi connectivity index (χ1) is 29.5. The summed E-state index contributed by atoms with van der Waals surface area (Å²) in [6.45, 7) is 4.11. The summed E-state index contributed by atoms with van der Waals surface area (Å²) in [5.41, 5.74) is 12.2. The van der Waals surface area contributed by atoms with Gasteiger partial charge in [-0.3, -0.25) is 18.7 Å². The topological polar surface area (TPSA) is 44.0 Å². The summed E-state index contributed by atoms with van der Waals surface area (Å²) < 4.78 is 3.72. The fourth-order valence-electron chi connectivity index (χ4n) is 8.11. The second-order valence-corrected chi connectivity index (χ2v) is 15.0. The van der Waals surface area contributed by atoms with Crippen molar-refractivity contribution in [2.24, 2.45) is 0 Å². The Hall–Kier alpha value is -7.82. The first-order valence-electron chi connectivity index (χ1n) is 20.2. The SMILES string of the molecule is Cc1ccc(-n2c(-c3ccccc3)c(-c3ccccc3)c3ccccc3c2=O)cc1.Cc1ccc(-n2c(-c3ccccc3)c(-c3ccccc3)c3ccccc3c2=O)cc1. The Morgan fingerprint density at radius 2 is 0.550 bits per heavy atom. The number of aromatic nitrogens is 2. The van der Waals surface area contributed by atoms with Gasteiger partial charge in [0, 0.05) is 33.3 Å². The second kappa shape index (κ2) is 16.6. The molecule has 60 heavy (non-hydrogen) atoms. The van der Waals surface area contributed by atoms with E-state index in [1.807, 2.05) is 179 Å². The van der Waals surface area contributed by atoms with E-state index in [2.05, 4.69) is 62.4 Å². The van der Waals surface area contributed by atoms with Crippen molar-refractivity contribution < 1.29 is 0 Å². The lowest BCUT2D eigenvalue weighted by Crippen LogP contribution is -2.21. The van der Waals surface area contributed by atoms with Crippen LogP contribution in [0.1, 0.15) is 11.1 Å². The molecule has 10 rings (SSSR count). The van der Waals surface area contributed by atoms with Crippen molar-refractivity contribution in [1.29, 1.82) is 0 Å². The van der Waals surface area contributed by atoms with Crippen molar-refractivity contribution in [1.82, 2.24) is 9.13 Å². The number of benzene rings is 8. The molecule has 2 aromatic heterocycles. The van der Waals surface area contributed by atoms with E-state index in [1.54, 1.807) is 0 Å². The third-order valence-corrected chi connectivity index (χ3v) is 11.0. The van der Waals surface area contributed by atoms with Crippen LogP contribution in [0, 0.1) is 13.8 Å². The van der Waals surface area contributed by atoms with Gasteiger partial charge in [0.1, 0.15) is 0 Å². The van der Waals surface area contributed by atoms with Gasteiger partial charge in [-0.1, -0.05) is 193 Å². The summed E-state index contributed by atoms with van der Waals surface area (Å²) in [6.07, 6.45) is 0. The van der Waals surface area contributed by atoms with Crippen LogP contribution in [0.2, 0.25) is 0 Å². The van der Waals surface area contributed by atoms with Crippen LogP contribution in [0.25, 0.3) is 77.7 Å². The van der Waals surface area contributed by atoms with Crippen LogP contribution in [0.3, 0.4) is 0 Å². The van der Waals surface area contributed by atoms with Gasteiger partial charge in [-0.15, -0.1) is 0 Å². The predicted molar refractivity (Wildman–Crippen MR) is 250 cm³/mol.